The summed E-state index contributed by atoms with van der Waals surface area (Å²) < 4.78 is 10.4. The Bertz CT molecular complexity index is 617. The predicted octanol–water partition coefficient (Wildman–Crippen LogP) is 0.308. The first-order valence-corrected chi connectivity index (χ1v) is 7.12. The van der Waals surface area contributed by atoms with Crippen molar-refractivity contribution in [2.24, 2.45) is 0 Å². The summed E-state index contributed by atoms with van der Waals surface area (Å²) in [7, 11) is 3.09. The van der Waals surface area contributed by atoms with Gasteiger partial charge in [0.05, 0.1) is 14.2 Å². The molecule has 1 atom stereocenters. The molecule has 23 heavy (non-hydrogen) atoms. The first-order valence-electron chi connectivity index (χ1n) is 7.12. The number of amides is 4. The third-order valence-corrected chi connectivity index (χ3v) is 3.48. The summed E-state index contributed by atoms with van der Waals surface area (Å²) >= 11 is 0. The topological polar surface area (TPSA) is 106 Å². The van der Waals surface area contributed by atoms with Crippen molar-refractivity contribution in [1.29, 1.82) is 0 Å². The number of rotatable bonds is 5. The lowest BCUT2D eigenvalue weighted by Gasteiger charge is -2.16. The normalized spacial score (nSPS) is 17.6. The quantitative estimate of drug-likeness (QED) is 0.724. The van der Waals surface area contributed by atoms with Crippen LogP contribution in [0.2, 0.25) is 0 Å². The lowest BCUT2D eigenvalue weighted by molar-refractivity contribution is -0.123. The SMILES string of the molecule is COc1ccc(CNC(=O)[C@@H]2CCC(=O)NC(=O)N2)c(OC)c1. The molecule has 0 spiro atoms. The van der Waals surface area contributed by atoms with Crippen LogP contribution in [0.25, 0.3) is 0 Å². The lowest BCUT2D eigenvalue weighted by Crippen LogP contribution is -2.48. The van der Waals surface area contributed by atoms with Crippen molar-refractivity contribution in [3.8, 4) is 11.5 Å². The lowest BCUT2D eigenvalue weighted by atomic mass is 10.1. The van der Waals surface area contributed by atoms with Crippen LogP contribution < -0.4 is 25.4 Å². The maximum Gasteiger partial charge on any atom is 0.322 e. The molecular formula is C15H19N3O5. The Balaban J connectivity index is 1.98. The van der Waals surface area contributed by atoms with E-state index in [9.17, 15) is 14.4 Å². The number of imide groups is 1. The molecule has 0 unspecified atom stereocenters. The summed E-state index contributed by atoms with van der Waals surface area (Å²) in [5.74, 6) is 0.492. The fourth-order valence-corrected chi connectivity index (χ4v) is 2.23. The smallest absolute Gasteiger partial charge is 0.322 e. The fourth-order valence-electron chi connectivity index (χ4n) is 2.23. The van der Waals surface area contributed by atoms with Gasteiger partial charge in [0.25, 0.3) is 0 Å². The number of hydrogen-bond acceptors (Lipinski definition) is 5. The maximum atomic E-state index is 12.2. The van der Waals surface area contributed by atoms with Gasteiger partial charge in [-0.25, -0.2) is 4.79 Å². The van der Waals surface area contributed by atoms with Gasteiger partial charge in [-0.05, 0) is 18.6 Å². The average molecular weight is 321 g/mol. The Labute approximate surface area is 133 Å². The third-order valence-electron chi connectivity index (χ3n) is 3.48. The van der Waals surface area contributed by atoms with Gasteiger partial charge in [-0.1, -0.05) is 0 Å². The molecule has 1 aliphatic rings. The first kappa shape index (κ1) is 16.6. The van der Waals surface area contributed by atoms with Crippen LogP contribution in [-0.4, -0.2) is 38.1 Å². The van der Waals surface area contributed by atoms with E-state index in [0.29, 0.717) is 11.5 Å². The standard InChI is InChI=1S/C15H19N3O5/c1-22-10-4-3-9(12(7-10)23-2)8-16-14(20)11-5-6-13(19)18-15(21)17-11/h3-4,7,11H,5-6,8H2,1-2H3,(H,16,20)(H2,17,18,19,21)/t11-/m0/s1. The van der Waals surface area contributed by atoms with Crippen LogP contribution in [0.1, 0.15) is 18.4 Å². The number of ether oxygens (including phenoxy) is 2. The average Bonchev–Trinajstić information content (AvgIpc) is 2.72. The second-order valence-electron chi connectivity index (χ2n) is 5.01. The van der Waals surface area contributed by atoms with Crippen LogP contribution in [0.5, 0.6) is 11.5 Å². The maximum absolute atomic E-state index is 12.2. The molecule has 0 aliphatic carbocycles. The van der Waals surface area contributed by atoms with Crippen molar-refractivity contribution in [3.05, 3.63) is 23.8 Å². The van der Waals surface area contributed by atoms with E-state index in [1.165, 1.54) is 7.11 Å². The van der Waals surface area contributed by atoms with E-state index in [1.54, 1.807) is 25.3 Å². The van der Waals surface area contributed by atoms with Gasteiger partial charge in [0.15, 0.2) is 0 Å². The predicted molar refractivity (Wildman–Crippen MR) is 81.1 cm³/mol. The summed E-state index contributed by atoms with van der Waals surface area (Å²) in [5, 5.41) is 7.32. The van der Waals surface area contributed by atoms with Crippen molar-refractivity contribution in [2.75, 3.05) is 14.2 Å². The monoisotopic (exact) mass is 321 g/mol. The third kappa shape index (κ3) is 4.35. The van der Waals surface area contributed by atoms with E-state index < -0.39 is 18.0 Å². The van der Waals surface area contributed by atoms with Crippen LogP contribution in [0.15, 0.2) is 18.2 Å². The molecule has 3 N–H and O–H groups in total. The summed E-state index contributed by atoms with van der Waals surface area (Å²) in [6, 6.07) is 3.87. The van der Waals surface area contributed by atoms with Gasteiger partial charge in [-0.3, -0.25) is 14.9 Å². The molecular weight excluding hydrogens is 302 g/mol. The van der Waals surface area contributed by atoms with Gasteiger partial charge in [0, 0.05) is 24.6 Å². The molecule has 1 fully saturated rings. The van der Waals surface area contributed by atoms with E-state index in [2.05, 4.69) is 16.0 Å². The number of carbonyl (C=O) groups is 3. The van der Waals surface area contributed by atoms with Gasteiger partial charge >= 0.3 is 6.03 Å². The number of hydrogen-bond donors (Lipinski definition) is 3. The molecule has 0 aromatic heterocycles. The summed E-state index contributed by atoms with van der Waals surface area (Å²) in [4.78, 5) is 34.8. The van der Waals surface area contributed by atoms with Gasteiger partial charge in [-0.15, -0.1) is 0 Å². The number of benzene rings is 1. The number of carbonyl (C=O) groups excluding carboxylic acids is 3. The molecule has 1 aliphatic heterocycles. The fraction of sp³-hybridized carbons (Fsp3) is 0.400. The minimum absolute atomic E-state index is 0.114. The van der Waals surface area contributed by atoms with Crippen molar-refractivity contribution < 1.29 is 23.9 Å². The van der Waals surface area contributed by atoms with Gasteiger partial charge in [0.2, 0.25) is 11.8 Å². The summed E-state index contributed by atoms with van der Waals surface area (Å²) in [6.07, 6.45) is 0.367. The zero-order valence-corrected chi connectivity index (χ0v) is 13.0. The molecule has 0 bridgehead atoms. The summed E-state index contributed by atoms with van der Waals surface area (Å²) in [5.41, 5.74) is 0.774. The molecule has 0 saturated carbocycles. The Morgan fingerprint density at radius 2 is 2.09 bits per heavy atom. The van der Waals surface area contributed by atoms with Gasteiger partial charge < -0.3 is 20.1 Å². The van der Waals surface area contributed by atoms with E-state index in [0.717, 1.165) is 5.56 Å². The Hall–Kier alpha value is -2.77. The van der Waals surface area contributed by atoms with Gasteiger partial charge in [0.1, 0.15) is 17.5 Å². The minimum Gasteiger partial charge on any atom is -0.497 e. The largest absolute Gasteiger partial charge is 0.497 e. The number of urea groups is 1. The molecule has 1 saturated heterocycles. The molecule has 124 valence electrons. The van der Waals surface area contributed by atoms with E-state index in [1.807, 2.05) is 0 Å². The van der Waals surface area contributed by atoms with Crippen LogP contribution in [-0.2, 0) is 16.1 Å². The highest BCUT2D eigenvalue weighted by atomic mass is 16.5. The molecule has 1 aromatic carbocycles. The molecule has 8 nitrogen and oxygen atoms in total. The van der Waals surface area contributed by atoms with Crippen LogP contribution >= 0.6 is 0 Å². The molecule has 2 rings (SSSR count). The molecule has 8 heteroatoms. The van der Waals surface area contributed by atoms with E-state index >= 15 is 0 Å². The minimum atomic E-state index is -0.745. The highest BCUT2D eigenvalue weighted by molar-refractivity contribution is 5.98. The van der Waals surface area contributed by atoms with E-state index in [-0.39, 0.29) is 25.3 Å². The Morgan fingerprint density at radius 1 is 1.30 bits per heavy atom. The number of methoxy groups -OCH3 is 2. The Kier molecular flexibility index (Phi) is 5.40. The second-order valence-corrected chi connectivity index (χ2v) is 5.01. The zero-order valence-electron chi connectivity index (χ0n) is 13.0. The first-order chi connectivity index (χ1) is 11.0. The van der Waals surface area contributed by atoms with Crippen LogP contribution in [0, 0.1) is 0 Å². The summed E-state index contributed by atoms with van der Waals surface area (Å²) in [6.45, 7) is 0.236. The highest BCUT2D eigenvalue weighted by Crippen LogP contribution is 2.24. The van der Waals surface area contributed by atoms with Crippen molar-refractivity contribution in [2.45, 2.75) is 25.4 Å². The Morgan fingerprint density at radius 3 is 2.78 bits per heavy atom. The molecule has 1 heterocycles. The second kappa shape index (κ2) is 7.48. The van der Waals surface area contributed by atoms with Crippen LogP contribution in [0.3, 0.4) is 0 Å². The molecule has 4 amide bonds. The van der Waals surface area contributed by atoms with Crippen molar-refractivity contribution in [1.82, 2.24) is 16.0 Å². The van der Waals surface area contributed by atoms with E-state index in [4.69, 9.17) is 9.47 Å². The van der Waals surface area contributed by atoms with Crippen molar-refractivity contribution in [3.63, 3.8) is 0 Å². The highest BCUT2D eigenvalue weighted by Gasteiger charge is 2.25. The molecule has 1 aromatic rings. The van der Waals surface area contributed by atoms with Gasteiger partial charge in [-0.2, -0.15) is 0 Å². The van der Waals surface area contributed by atoms with Crippen molar-refractivity contribution >= 4 is 17.8 Å². The van der Waals surface area contributed by atoms with Crippen LogP contribution in [0.4, 0.5) is 4.79 Å². The zero-order chi connectivity index (χ0) is 16.8. The molecule has 0 radical (unpaired) electrons. The number of nitrogens with one attached hydrogen (secondary N) is 3.